The molecule has 1 aliphatic heterocycles. The maximum atomic E-state index is 5.63. The molecule has 3 heteroatoms. The number of rotatable bonds is 4. The van der Waals surface area contributed by atoms with Gasteiger partial charge in [0.2, 0.25) is 0 Å². The van der Waals surface area contributed by atoms with Crippen LogP contribution in [-0.2, 0) is 11.3 Å². The standard InChI is InChI=1S/C12H18N2O/c1-10-4-2-5-12(14-10)9-15-8-11-6-3-7-13-11/h2,4-5,11,13H,3,6-9H2,1H3. The zero-order valence-corrected chi connectivity index (χ0v) is 9.20. The first kappa shape index (κ1) is 10.6. The van der Waals surface area contributed by atoms with Crippen LogP contribution in [-0.4, -0.2) is 24.2 Å². The van der Waals surface area contributed by atoms with Crippen LogP contribution in [0.3, 0.4) is 0 Å². The van der Waals surface area contributed by atoms with Crippen LogP contribution < -0.4 is 5.32 Å². The van der Waals surface area contributed by atoms with Crippen LogP contribution in [0.1, 0.15) is 24.2 Å². The lowest BCUT2D eigenvalue weighted by atomic mass is 10.2. The van der Waals surface area contributed by atoms with Crippen molar-refractivity contribution in [2.24, 2.45) is 0 Å². The van der Waals surface area contributed by atoms with E-state index in [1.165, 1.54) is 12.8 Å². The van der Waals surface area contributed by atoms with Gasteiger partial charge in [-0.05, 0) is 38.4 Å². The molecule has 0 bridgehead atoms. The van der Waals surface area contributed by atoms with Crippen molar-refractivity contribution >= 4 is 0 Å². The van der Waals surface area contributed by atoms with E-state index in [1.54, 1.807) is 0 Å². The van der Waals surface area contributed by atoms with E-state index in [-0.39, 0.29) is 0 Å². The highest BCUT2D eigenvalue weighted by atomic mass is 16.5. The van der Waals surface area contributed by atoms with Gasteiger partial charge < -0.3 is 10.1 Å². The summed E-state index contributed by atoms with van der Waals surface area (Å²) in [5, 5.41) is 3.41. The van der Waals surface area contributed by atoms with Gasteiger partial charge >= 0.3 is 0 Å². The summed E-state index contributed by atoms with van der Waals surface area (Å²) in [6.45, 7) is 4.56. The molecule has 3 nitrogen and oxygen atoms in total. The van der Waals surface area contributed by atoms with Gasteiger partial charge in [-0.3, -0.25) is 4.98 Å². The second-order valence-corrected chi connectivity index (χ2v) is 4.08. The van der Waals surface area contributed by atoms with Crippen LogP contribution in [0.2, 0.25) is 0 Å². The number of hydrogen-bond acceptors (Lipinski definition) is 3. The predicted molar refractivity (Wildman–Crippen MR) is 59.7 cm³/mol. The topological polar surface area (TPSA) is 34.1 Å². The number of nitrogens with one attached hydrogen (secondary N) is 1. The van der Waals surface area contributed by atoms with Crippen molar-refractivity contribution < 1.29 is 4.74 Å². The molecule has 2 heterocycles. The van der Waals surface area contributed by atoms with Gasteiger partial charge in [-0.2, -0.15) is 0 Å². The van der Waals surface area contributed by atoms with Crippen LogP contribution in [0.15, 0.2) is 18.2 Å². The molecule has 1 aliphatic rings. The van der Waals surface area contributed by atoms with Gasteiger partial charge in [0.1, 0.15) is 0 Å². The Kier molecular flexibility index (Phi) is 3.69. The van der Waals surface area contributed by atoms with E-state index in [1.807, 2.05) is 25.1 Å². The Morgan fingerprint density at radius 3 is 3.20 bits per heavy atom. The van der Waals surface area contributed by atoms with Crippen molar-refractivity contribution in [3.8, 4) is 0 Å². The van der Waals surface area contributed by atoms with Crippen molar-refractivity contribution in [1.29, 1.82) is 0 Å². The second-order valence-electron chi connectivity index (χ2n) is 4.08. The van der Waals surface area contributed by atoms with Crippen LogP contribution in [0.25, 0.3) is 0 Å². The summed E-state index contributed by atoms with van der Waals surface area (Å²) < 4.78 is 5.63. The lowest BCUT2D eigenvalue weighted by Crippen LogP contribution is -2.26. The monoisotopic (exact) mass is 206 g/mol. The molecule has 82 valence electrons. The Morgan fingerprint density at radius 2 is 2.47 bits per heavy atom. The fourth-order valence-electron chi connectivity index (χ4n) is 1.88. The number of pyridine rings is 1. The fourth-order valence-corrected chi connectivity index (χ4v) is 1.88. The summed E-state index contributed by atoms with van der Waals surface area (Å²) in [7, 11) is 0. The SMILES string of the molecule is Cc1cccc(COCC2CCCN2)n1. The number of ether oxygens (including phenoxy) is 1. The third-order valence-electron chi connectivity index (χ3n) is 2.68. The van der Waals surface area contributed by atoms with Crippen molar-refractivity contribution in [2.45, 2.75) is 32.4 Å². The van der Waals surface area contributed by atoms with E-state index in [0.29, 0.717) is 12.6 Å². The molecule has 0 aromatic carbocycles. The zero-order valence-electron chi connectivity index (χ0n) is 9.20. The average Bonchev–Trinajstić information content (AvgIpc) is 2.71. The summed E-state index contributed by atoms with van der Waals surface area (Å²) in [6.07, 6.45) is 2.51. The molecule has 0 spiro atoms. The minimum Gasteiger partial charge on any atom is -0.374 e. The molecule has 0 amide bonds. The van der Waals surface area contributed by atoms with Crippen LogP contribution in [0.4, 0.5) is 0 Å². The van der Waals surface area contributed by atoms with E-state index in [9.17, 15) is 0 Å². The highest BCUT2D eigenvalue weighted by Gasteiger charge is 2.13. The Morgan fingerprint density at radius 1 is 1.53 bits per heavy atom. The normalized spacial score (nSPS) is 20.7. The number of aryl methyl sites for hydroxylation is 1. The highest BCUT2D eigenvalue weighted by molar-refractivity contribution is 5.08. The van der Waals surface area contributed by atoms with E-state index in [0.717, 1.165) is 24.5 Å². The van der Waals surface area contributed by atoms with Gasteiger partial charge in [-0.25, -0.2) is 0 Å². The lowest BCUT2D eigenvalue weighted by Gasteiger charge is -2.10. The van der Waals surface area contributed by atoms with Crippen molar-refractivity contribution in [1.82, 2.24) is 10.3 Å². The summed E-state index contributed by atoms with van der Waals surface area (Å²) in [5.74, 6) is 0. The first-order valence-corrected chi connectivity index (χ1v) is 5.58. The third kappa shape index (κ3) is 3.29. The zero-order chi connectivity index (χ0) is 10.5. The maximum absolute atomic E-state index is 5.63. The maximum Gasteiger partial charge on any atom is 0.0888 e. The quantitative estimate of drug-likeness (QED) is 0.813. The van der Waals surface area contributed by atoms with Gasteiger partial charge in [-0.15, -0.1) is 0 Å². The minimum atomic E-state index is 0.551. The minimum absolute atomic E-state index is 0.551. The number of nitrogens with zero attached hydrogens (tertiary/aromatic N) is 1. The molecule has 1 unspecified atom stereocenters. The molecule has 0 aliphatic carbocycles. The van der Waals surface area contributed by atoms with E-state index in [4.69, 9.17) is 4.74 Å². The lowest BCUT2D eigenvalue weighted by molar-refractivity contribution is 0.101. The predicted octanol–water partition coefficient (Wildman–Crippen LogP) is 1.66. The largest absolute Gasteiger partial charge is 0.374 e. The number of hydrogen-bond donors (Lipinski definition) is 1. The van der Waals surface area contributed by atoms with Gasteiger partial charge in [0, 0.05) is 11.7 Å². The molecule has 0 saturated carbocycles. The van der Waals surface area contributed by atoms with Gasteiger partial charge in [0.05, 0.1) is 18.9 Å². The first-order chi connectivity index (χ1) is 7.34. The first-order valence-electron chi connectivity index (χ1n) is 5.58. The molecular formula is C12H18N2O. The molecule has 0 radical (unpaired) electrons. The van der Waals surface area contributed by atoms with Gasteiger partial charge in [-0.1, -0.05) is 6.07 Å². The van der Waals surface area contributed by atoms with Crippen molar-refractivity contribution in [3.63, 3.8) is 0 Å². The van der Waals surface area contributed by atoms with Crippen LogP contribution in [0.5, 0.6) is 0 Å². The van der Waals surface area contributed by atoms with Crippen LogP contribution >= 0.6 is 0 Å². The Balaban J connectivity index is 1.73. The molecule has 1 saturated heterocycles. The van der Waals surface area contributed by atoms with Crippen LogP contribution in [0, 0.1) is 6.92 Å². The molecule has 1 atom stereocenters. The van der Waals surface area contributed by atoms with E-state index < -0.39 is 0 Å². The molecule has 1 fully saturated rings. The van der Waals surface area contributed by atoms with Gasteiger partial charge in [0.15, 0.2) is 0 Å². The Hall–Kier alpha value is -0.930. The summed E-state index contributed by atoms with van der Waals surface area (Å²) >= 11 is 0. The molecule has 1 aromatic heterocycles. The molecule has 15 heavy (non-hydrogen) atoms. The average molecular weight is 206 g/mol. The smallest absolute Gasteiger partial charge is 0.0888 e. The third-order valence-corrected chi connectivity index (χ3v) is 2.68. The molecular weight excluding hydrogens is 188 g/mol. The highest BCUT2D eigenvalue weighted by Crippen LogP contribution is 2.06. The van der Waals surface area contributed by atoms with E-state index >= 15 is 0 Å². The number of aromatic nitrogens is 1. The summed E-state index contributed by atoms with van der Waals surface area (Å²) in [4.78, 5) is 4.39. The van der Waals surface area contributed by atoms with Crippen molar-refractivity contribution in [3.05, 3.63) is 29.6 Å². The Labute approximate surface area is 90.9 Å². The Bertz CT molecular complexity index is 308. The summed E-state index contributed by atoms with van der Waals surface area (Å²) in [5.41, 5.74) is 2.07. The van der Waals surface area contributed by atoms with E-state index in [2.05, 4.69) is 10.3 Å². The molecule has 1 N–H and O–H groups in total. The second kappa shape index (κ2) is 5.24. The molecule has 1 aromatic rings. The summed E-state index contributed by atoms with van der Waals surface area (Å²) in [6, 6.07) is 6.58. The fraction of sp³-hybridized carbons (Fsp3) is 0.583. The molecule has 2 rings (SSSR count). The van der Waals surface area contributed by atoms with Gasteiger partial charge in [0.25, 0.3) is 0 Å². The van der Waals surface area contributed by atoms with Crippen molar-refractivity contribution in [2.75, 3.05) is 13.2 Å².